The van der Waals surface area contributed by atoms with E-state index in [0.717, 1.165) is 41.2 Å². The summed E-state index contributed by atoms with van der Waals surface area (Å²) in [5.74, 6) is 0.301. The van der Waals surface area contributed by atoms with Crippen LogP contribution >= 0.6 is 27.5 Å². The molecule has 2 amide bonds. The van der Waals surface area contributed by atoms with E-state index in [4.69, 9.17) is 21.1 Å². The van der Waals surface area contributed by atoms with Crippen LogP contribution in [0.15, 0.2) is 28.6 Å². The van der Waals surface area contributed by atoms with Crippen LogP contribution in [-0.4, -0.2) is 73.9 Å². The second-order valence-electron chi connectivity index (χ2n) is 13.2. The number of nitrogens with zero attached hydrogens (tertiary/aromatic N) is 5. The normalized spacial score (nSPS) is 17.9. The Balaban J connectivity index is 1.69. The zero-order valence-corrected chi connectivity index (χ0v) is 28.7. The van der Waals surface area contributed by atoms with Gasteiger partial charge in [0.1, 0.15) is 28.3 Å². The summed E-state index contributed by atoms with van der Waals surface area (Å²) in [6.45, 7) is 17.4. The van der Waals surface area contributed by atoms with Crippen LogP contribution in [0.3, 0.4) is 0 Å². The lowest BCUT2D eigenvalue weighted by molar-refractivity contribution is 0.0186. The van der Waals surface area contributed by atoms with Gasteiger partial charge in [0.05, 0.1) is 5.39 Å². The van der Waals surface area contributed by atoms with Gasteiger partial charge in [-0.25, -0.2) is 19.6 Å². The summed E-state index contributed by atoms with van der Waals surface area (Å²) in [5, 5.41) is 1.25. The molecule has 0 spiro atoms. The Morgan fingerprint density at radius 2 is 1.67 bits per heavy atom. The number of aromatic nitrogens is 3. The van der Waals surface area contributed by atoms with Gasteiger partial charge in [-0.3, -0.25) is 0 Å². The lowest BCUT2D eigenvalue weighted by Crippen LogP contribution is -2.42. The van der Waals surface area contributed by atoms with E-state index in [1.807, 2.05) is 59.6 Å². The molecule has 1 saturated carbocycles. The van der Waals surface area contributed by atoms with E-state index in [1.165, 1.54) is 11.9 Å². The van der Waals surface area contributed by atoms with Crippen LogP contribution in [0.5, 0.6) is 0 Å². The van der Waals surface area contributed by atoms with Gasteiger partial charge in [0, 0.05) is 42.9 Å². The molecule has 0 aromatic carbocycles. The fourth-order valence-electron chi connectivity index (χ4n) is 5.17. The number of amides is 2. The maximum Gasteiger partial charge on any atom is 0.410 e. The first-order valence-electron chi connectivity index (χ1n) is 14.8. The molecule has 3 rings (SSSR count). The summed E-state index contributed by atoms with van der Waals surface area (Å²) in [4.78, 5) is 38.5. The average Bonchev–Trinajstić information content (AvgIpc) is 3.47. The highest BCUT2D eigenvalue weighted by molar-refractivity contribution is 9.10. The summed E-state index contributed by atoms with van der Waals surface area (Å²) in [6, 6.07) is 0.243. The van der Waals surface area contributed by atoms with Crippen LogP contribution in [0.1, 0.15) is 93.5 Å². The van der Waals surface area contributed by atoms with Crippen molar-refractivity contribution in [2.45, 2.75) is 105 Å². The smallest absolute Gasteiger partial charge is 0.410 e. The first-order chi connectivity index (χ1) is 19.6. The fraction of sp³-hybridized carbons (Fsp3) is 0.677. The van der Waals surface area contributed by atoms with E-state index in [9.17, 15) is 9.59 Å². The van der Waals surface area contributed by atoms with Crippen molar-refractivity contribution in [2.75, 3.05) is 26.2 Å². The Bertz CT molecular complexity index is 1270. The van der Waals surface area contributed by atoms with Gasteiger partial charge in [-0.2, -0.15) is 0 Å². The predicted molar refractivity (Wildman–Crippen MR) is 171 cm³/mol. The summed E-state index contributed by atoms with van der Waals surface area (Å²) < 4.78 is 14.5. The van der Waals surface area contributed by atoms with Crippen LogP contribution in [0, 0.1) is 5.92 Å². The number of halogens is 2. The Hall–Kier alpha value is -2.33. The summed E-state index contributed by atoms with van der Waals surface area (Å²) in [7, 11) is 0. The van der Waals surface area contributed by atoms with Crippen molar-refractivity contribution >= 4 is 50.8 Å². The molecule has 0 N–H and O–H groups in total. The van der Waals surface area contributed by atoms with E-state index in [2.05, 4.69) is 43.5 Å². The minimum Gasteiger partial charge on any atom is -0.444 e. The van der Waals surface area contributed by atoms with Crippen LogP contribution in [0.4, 0.5) is 9.59 Å². The average molecular weight is 669 g/mol. The van der Waals surface area contributed by atoms with E-state index < -0.39 is 11.2 Å². The molecule has 0 radical (unpaired) electrons. The monoisotopic (exact) mass is 667 g/mol. The molecule has 1 fully saturated rings. The summed E-state index contributed by atoms with van der Waals surface area (Å²) in [6.07, 6.45) is 9.18. The quantitative estimate of drug-likeness (QED) is 0.187. The molecule has 1 aliphatic carbocycles. The molecule has 2 atom stereocenters. The predicted octanol–water partition coefficient (Wildman–Crippen LogP) is 8.41. The highest BCUT2D eigenvalue weighted by Crippen LogP contribution is 2.40. The van der Waals surface area contributed by atoms with Crippen LogP contribution in [0.25, 0.3) is 11.0 Å². The lowest BCUT2D eigenvalue weighted by Gasteiger charge is -2.31. The third kappa shape index (κ3) is 9.86. The standard InChI is InChI=1S/C31H47BrClN5O4/c1-9-21(2)13-16-36(28(39)41-30(3,4)5)14-10-15-37(29(40)42-31(6,7)8)18-22-11-12-23(17-22)38-19-24(32)25-26(33)34-20-35-27(25)38/h9,19-20,22-23H,10-18H2,1-8H3/b21-9+. The van der Waals surface area contributed by atoms with Gasteiger partial charge >= 0.3 is 12.2 Å². The highest BCUT2D eigenvalue weighted by atomic mass is 79.9. The number of carbonyl (C=O) groups excluding carboxylic acids is 2. The number of ether oxygens (including phenoxy) is 2. The number of hydrogen-bond acceptors (Lipinski definition) is 6. The molecule has 2 aromatic rings. The van der Waals surface area contributed by atoms with E-state index in [-0.39, 0.29) is 18.2 Å². The minimum atomic E-state index is -0.602. The van der Waals surface area contributed by atoms with Crippen molar-refractivity contribution in [2.24, 2.45) is 5.92 Å². The SMILES string of the molecule is C/C=C(\C)CCN(CCCN(CC1CCC(n2cc(Br)c3c(Cl)ncnc32)C1)C(=O)OC(C)(C)C)C(=O)OC(C)(C)C. The van der Waals surface area contributed by atoms with Crippen LogP contribution in [0.2, 0.25) is 5.15 Å². The van der Waals surface area contributed by atoms with E-state index in [0.29, 0.717) is 43.7 Å². The third-order valence-corrected chi connectivity index (χ3v) is 8.22. The van der Waals surface area contributed by atoms with Gasteiger partial charge in [-0.05, 0) is 109 Å². The topological polar surface area (TPSA) is 89.8 Å². The van der Waals surface area contributed by atoms with Crippen molar-refractivity contribution in [1.82, 2.24) is 24.3 Å². The molecule has 1 aliphatic rings. The Morgan fingerprint density at radius 3 is 2.29 bits per heavy atom. The number of allylic oxidation sites excluding steroid dienone is 1. The van der Waals surface area contributed by atoms with Gasteiger partial charge in [-0.1, -0.05) is 23.3 Å². The Morgan fingerprint density at radius 1 is 1.05 bits per heavy atom. The van der Waals surface area contributed by atoms with E-state index in [1.54, 1.807) is 4.90 Å². The second-order valence-corrected chi connectivity index (χ2v) is 14.4. The van der Waals surface area contributed by atoms with Crippen molar-refractivity contribution in [1.29, 1.82) is 0 Å². The molecule has 2 unspecified atom stereocenters. The lowest BCUT2D eigenvalue weighted by atomic mass is 10.1. The number of hydrogen-bond donors (Lipinski definition) is 0. The third-order valence-electron chi connectivity index (χ3n) is 7.33. The number of fused-ring (bicyclic) bond motifs is 1. The molecule has 11 heteroatoms. The summed E-state index contributed by atoms with van der Waals surface area (Å²) >= 11 is 9.96. The zero-order chi connectivity index (χ0) is 31.2. The van der Waals surface area contributed by atoms with Gasteiger partial charge in [-0.15, -0.1) is 0 Å². The van der Waals surface area contributed by atoms with Gasteiger partial charge in [0.25, 0.3) is 0 Å². The molecular formula is C31H47BrClN5O4. The molecular weight excluding hydrogens is 622 g/mol. The Labute approximate surface area is 264 Å². The maximum atomic E-state index is 13.3. The van der Waals surface area contributed by atoms with E-state index >= 15 is 0 Å². The summed E-state index contributed by atoms with van der Waals surface area (Å²) in [5.41, 5.74) is 0.845. The van der Waals surface area contributed by atoms with Crippen molar-refractivity contribution in [3.63, 3.8) is 0 Å². The molecule has 2 aromatic heterocycles. The molecule has 2 heterocycles. The maximum absolute atomic E-state index is 13.3. The first-order valence-corrected chi connectivity index (χ1v) is 16.0. The fourth-order valence-corrected chi connectivity index (χ4v) is 6.10. The van der Waals surface area contributed by atoms with Crippen molar-refractivity contribution < 1.29 is 19.1 Å². The Kier molecular flexibility index (Phi) is 11.7. The largest absolute Gasteiger partial charge is 0.444 e. The molecule has 234 valence electrons. The molecule has 0 aliphatic heterocycles. The molecule has 9 nitrogen and oxygen atoms in total. The number of carbonyl (C=O) groups is 2. The van der Waals surface area contributed by atoms with Crippen LogP contribution < -0.4 is 0 Å². The first kappa shape index (κ1) is 34.2. The van der Waals surface area contributed by atoms with Gasteiger partial charge < -0.3 is 23.8 Å². The molecule has 42 heavy (non-hydrogen) atoms. The minimum absolute atomic E-state index is 0.243. The van der Waals surface area contributed by atoms with Gasteiger partial charge in [0.2, 0.25) is 0 Å². The highest BCUT2D eigenvalue weighted by Gasteiger charge is 2.32. The second kappa shape index (κ2) is 14.4. The molecule has 0 bridgehead atoms. The zero-order valence-electron chi connectivity index (χ0n) is 26.4. The molecule has 0 saturated heterocycles. The van der Waals surface area contributed by atoms with Gasteiger partial charge in [0.15, 0.2) is 0 Å². The van der Waals surface area contributed by atoms with Crippen molar-refractivity contribution in [3.05, 3.63) is 33.8 Å². The number of rotatable bonds is 10. The van der Waals surface area contributed by atoms with Crippen LogP contribution in [-0.2, 0) is 9.47 Å². The van der Waals surface area contributed by atoms with Crippen molar-refractivity contribution in [3.8, 4) is 0 Å².